The second-order valence-electron chi connectivity index (χ2n) is 6.01. The topological polar surface area (TPSA) is 46.1 Å². The maximum atomic E-state index is 14.1. The number of nitrogens with zero attached hydrogens (tertiary/aromatic N) is 3. The lowest BCUT2D eigenvalue weighted by Gasteiger charge is -2.32. The molecule has 1 saturated heterocycles. The lowest BCUT2D eigenvalue weighted by atomic mass is 9.91. The van der Waals surface area contributed by atoms with Crippen molar-refractivity contribution >= 4 is 5.91 Å². The molecular weight excluding hydrogens is 293 g/mol. The van der Waals surface area contributed by atoms with Gasteiger partial charge in [0.1, 0.15) is 5.82 Å². The Kier molecular flexibility index (Phi) is 4.65. The van der Waals surface area contributed by atoms with Crippen molar-refractivity contribution in [2.24, 2.45) is 5.92 Å². The molecule has 0 bridgehead atoms. The fourth-order valence-electron chi connectivity index (χ4n) is 3.19. The summed E-state index contributed by atoms with van der Waals surface area (Å²) in [5, 5.41) is 0. The third-order valence-corrected chi connectivity index (χ3v) is 4.35. The molecule has 23 heavy (non-hydrogen) atoms. The molecular formula is C18H20FN3O. The van der Waals surface area contributed by atoms with Crippen LogP contribution < -0.4 is 0 Å². The van der Waals surface area contributed by atoms with Gasteiger partial charge < -0.3 is 4.90 Å². The minimum Gasteiger partial charge on any atom is -0.343 e. The van der Waals surface area contributed by atoms with Crippen LogP contribution in [-0.2, 0) is 11.2 Å². The molecule has 0 spiro atoms. The van der Waals surface area contributed by atoms with E-state index in [1.807, 2.05) is 4.90 Å². The van der Waals surface area contributed by atoms with Gasteiger partial charge in [-0.2, -0.15) is 0 Å². The highest BCUT2D eigenvalue weighted by Crippen LogP contribution is 2.27. The average Bonchev–Trinajstić information content (AvgIpc) is 2.56. The van der Waals surface area contributed by atoms with E-state index < -0.39 is 0 Å². The molecule has 1 fully saturated rings. The lowest BCUT2D eigenvalue weighted by Crippen LogP contribution is -2.39. The first kappa shape index (κ1) is 15.6. The smallest absolute Gasteiger partial charge is 0.219 e. The first-order valence-electron chi connectivity index (χ1n) is 7.95. The Morgan fingerprint density at radius 1 is 1.30 bits per heavy atom. The number of amides is 1. The molecule has 1 aliphatic heterocycles. The van der Waals surface area contributed by atoms with Gasteiger partial charge in [0.15, 0.2) is 0 Å². The molecule has 0 aliphatic carbocycles. The Balaban J connectivity index is 1.84. The van der Waals surface area contributed by atoms with E-state index >= 15 is 0 Å². The summed E-state index contributed by atoms with van der Waals surface area (Å²) >= 11 is 0. The first-order valence-corrected chi connectivity index (χ1v) is 7.95. The van der Waals surface area contributed by atoms with E-state index in [0.717, 1.165) is 31.6 Å². The fourth-order valence-corrected chi connectivity index (χ4v) is 3.19. The summed E-state index contributed by atoms with van der Waals surface area (Å²) in [7, 11) is 0. The van der Waals surface area contributed by atoms with Crippen LogP contribution in [0.4, 0.5) is 4.39 Å². The van der Waals surface area contributed by atoms with Crippen molar-refractivity contribution in [2.75, 3.05) is 13.1 Å². The summed E-state index contributed by atoms with van der Waals surface area (Å²) in [4.78, 5) is 22.2. The van der Waals surface area contributed by atoms with E-state index in [2.05, 4.69) is 9.97 Å². The van der Waals surface area contributed by atoms with Crippen molar-refractivity contribution in [2.45, 2.75) is 26.2 Å². The molecule has 0 radical (unpaired) electrons. The summed E-state index contributed by atoms with van der Waals surface area (Å²) in [6.07, 6.45) is 6.00. The van der Waals surface area contributed by atoms with Crippen molar-refractivity contribution in [1.82, 2.24) is 14.9 Å². The van der Waals surface area contributed by atoms with Gasteiger partial charge in [-0.1, -0.05) is 12.1 Å². The van der Waals surface area contributed by atoms with E-state index in [4.69, 9.17) is 0 Å². The number of carbonyl (C=O) groups is 1. The van der Waals surface area contributed by atoms with Crippen molar-refractivity contribution in [3.8, 4) is 11.3 Å². The zero-order valence-corrected chi connectivity index (χ0v) is 13.2. The average molecular weight is 313 g/mol. The number of hydrogen-bond donors (Lipinski definition) is 0. The lowest BCUT2D eigenvalue weighted by molar-refractivity contribution is -0.130. The zero-order valence-electron chi connectivity index (χ0n) is 13.2. The highest BCUT2D eigenvalue weighted by molar-refractivity contribution is 5.73. The van der Waals surface area contributed by atoms with Gasteiger partial charge in [0, 0.05) is 38.0 Å². The van der Waals surface area contributed by atoms with E-state index in [-0.39, 0.29) is 11.7 Å². The van der Waals surface area contributed by atoms with Crippen LogP contribution >= 0.6 is 0 Å². The van der Waals surface area contributed by atoms with Gasteiger partial charge >= 0.3 is 0 Å². The number of rotatable bonds is 3. The summed E-state index contributed by atoms with van der Waals surface area (Å²) in [6.45, 7) is 3.17. The summed E-state index contributed by atoms with van der Waals surface area (Å²) in [5.74, 6) is 0.168. The van der Waals surface area contributed by atoms with E-state index in [1.165, 1.54) is 6.07 Å². The third kappa shape index (κ3) is 3.55. The summed E-state index contributed by atoms with van der Waals surface area (Å²) < 4.78 is 14.1. The fraction of sp³-hybridized carbons (Fsp3) is 0.389. The highest BCUT2D eigenvalue weighted by atomic mass is 19.1. The van der Waals surface area contributed by atoms with Crippen LogP contribution in [-0.4, -0.2) is 33.9 Å². The van der Waals surface area contributed by atoms with Crippen LogP contribution in [0.2, 0.25) is 0 Å². The molecule has 1 atom stereocenters. The van der Waals surface area contributed by atoms with Crippen LogP contribution in [0.1, 0.15) is 25.5 Å². The van der Waals surface area contributed by atoms with Crippen molar-refractivity contribution < 1.29 is 9.18 Å². The molecule has 1 aromatic heterocycles. The highest BCUT2D eigenvalue weighted by Gasteiger charge is 2.23. The summed E-state index contributed by atoms with van der Waals surface area (Å²) in [5.41, 5.74) is 1.88. The molecule has 2 heterocycles. The SMILES string of the molecule is CC(=O)N1CCCC(Cc2nccnc2-c2ccccc2F)C1. The monoisotopic (exact) mass is 313 g/mol. The number of hydrogen-bond acceptors (Lipinski definition) is 3. The number of carbonyl (C=O) groups excluding carboxylic acids is 1. The molecule has 2 aromatic rings. The maximum absolute atomic E-state index is 14.1. The van der Waals surface area contributed by atoms with Gasteiger partial charge in [-0.15, -0.1) is 0 Å². The van der Waals surface area contributed by atoms with E-state index in [1.54, 1.807) is 37.5 Å². The molecule has 120 valence electrons. The molecule has 0 N–H and O–H groups in total. The Hall–Kier alpha value is -2.30. The summed E-state index contributed by atoms with van der Waals surface area (Å²) in [6, 6.07) is 6.63. The van der Waals surface area contributed by atoms with Gasteiger partial charge in [-0.25, -0.2) is 4.39 Å². The Bertz CT molecular complexity index is 704. The molecule has 5 heteroatoms. The van der Waals surface area contributed by atoms with Crippen molar-refractivity contribution in [3.63, 3.8) is 0 Å². The van der Waals surface area contributed by atoms with Crippen molar-refractivity contribution in [3.05, 3.63) is 48.2 Å². The third-order valence-electron chi connectivity index (χ3n) is 4.35. The number of benzene rings is 1. The van der Waals surface area contributed by atoms with E-state index in [9.17, 15) is 9.18 Å². The molecule has 0 saturated carbocycles. The maximum Gasteiger partial charge on any atom is 0.219 e. The van der Waals surface area contributed by atoms with Gasteiger partial charge in [0.25, 0.3) is 0 Å². The number of likely N-dealkylation sites (tertiary alicyclic amines) is 1. The zero-order chi connectivity index (χ0) is 16.2. The van der Waals surface area contributed by atoms with Crippen LogP contribution in [0.5, 0.6) is 0 Å². The number of piperidine rings is 1. The number of halogens is 1. The van der Waals surface area contributed by atoms with Gasteiger partial charge in [0.2, 0.25) is 5.91 Å². The van der Waals surface area contributed by atoms with Crippen molar-refractivity contribution in [1.29, 1.82) is 0 Å². The second kappa shape index (κ2) is 6.86. The van der Waals surface area contributed by atoms with Crippen LogP contribution in [0, 0.1) is 11.7 Å². The Labute approximate surface area is 135 Å². The van der Waals surface area contributed by atoms with Gasteiger partial charge in [-0.05, 0) is 37.3 Å². The second-order valence-corrected chi connectivity index (χ2v) is 6.01. The molecule has 3 rings (SSSR count). The largest absolute Gasteiger partial charge is 0.343 e. The van der Waals surface area contributed by atoms with Crippen LogP contribution in [0.25, 0.3) is 11.3 Å². The normalized spacial score (nSPS) is 18.0. The van der Waals surface area contributed by atoms with Gasteiger partial charge in [-0.3, -0.25) is 14.8 Å². The Morgan fingerprint density at radius 2 is 2.09 bits per heavy atom. The Morgan fingerprint density at radius 3 is 2.87 bits per heavy atom. The molecule has 1 amide bonds. The molecule has 4 nitrogen and oxygen atoms in total. The number of aromatic nitrogens is 2. The van der Waals surface area contributed by atoms with E-state index in [0.29, 0.717) is 23.6 Å². The first-order chi connectivity index (χ1) is 11.1. The quantitative estimate of drug-likeness (QED) is 0.875. The minimum atomic E-state index is -0.289. The molecule has 1 unspecified atom stereocenters. The molecule has 1 aliphatic rings. The van der Waals surface area contributed by atoms with Crippen LogP contribution in [0.3, 0.4) is 0 Å². The minimum absolute atomic E-state index is 0.114. The predicted octanol–water partition coefficient (Wildman–Crippen LogP) is 3.08. The van der Waals surface area contributed by atoms with Gasteiger partial charge in [0.05, 0.1) is 11.4 Å². The molecule has 1 aromatic carbocycles. The predicted molar refractivity (Wildman–Crippen MR) is 86.1 cm³/mol. The standard InChI is InChI=1S/C18H20FN3O/c1-13(23)22-10-4-5-14(12-22)11-17-18(21-9-8-20-17)15-6-2-3-7-16(15)19/h2-3,6-9,14H,4-5,10-12H2,1H3. The van der Waals surface area contributed by atoms with Crippen LogP contribution in [0.15, 0.2) is 36.7 Å².